The zero-order valence-electron chi connectivity index (χ0n) is 16.6. The summed E-state index contributed by atoms with van der Waals surface area (Å²) >= 11 is 0. The standard InChI is InChI=1S/C24H23N5O/c30-24(19-8-10-20(11-9-19)29-13-4-5-14-29)25-23-21-12-15-28(17-22(21)26-27-23)16-18-6-2-1-3-7-18/h1-11,13-14H,12,15-17H2,(H2,25,26,27,30). The van der Waals surface area contributed by atoms with Gasteiger partial charge in [0.05, 0.1) is 5.69 Å². The minimum absolute atomic E-state index is 0.143. The highest BCUT2D eigenvalue weighted by molar-refractivity contribution is 6.04. The van der Waals surface area contributed by atoms with Gasteiger partial charge in [-0.05, 0) is 48.4 Å². The molecule has 30 heavy (non-hydrogen) atoms. The van der Waals surface area contributed by atoms with Crippen molar-refractivity contribution in [3.63, 3.8) is 0 Å². The third-order valence-electron chi connectivity index (χ3n) is 5.53. The molecule has 6 heteroatoms. The maximum atomic E-state index is 12.7. The number of hydrogen-bond acceptors (Lipinski definition) is 3. The summed E-state index contributed by atoms with van der Waals surface area (Å²) in [6.45, 7) is 2.66. The second kappa shape index (κ2) is 8.00. The van der Waals surface area contributed by atoms with E-state index < -0.39 is 0 Å². The van der Waals surface area contributed by atoms with Gasteiger partial charge in [-0.2, -0.15) is 5.10 Å². The minimum atomic E-state index is -0.143. The maximum Gasteiger partial charge on any atom is 0.256 e. The van der Waals surface area contributed by atoms with E-state index in [0.29, 0.717) is 11.4 Å². The molecular formula is C24H23N5O. The topological polar surface area (TPSA) is 66.0 Å². The summed E-state index contributed by atoms with van der Waals surface area (Å²) in [6, 6.07) is 22.0. The first-order valence-corrected chi connectivity index (χ1v) is 10.1. The smallest absolute Gasteiger partial charge is 0.256 e. The Morgan fingerprint density at radius 2 is 1.77 bits per heavy atom. The first-order chi connectivity index (χ1) is 14.8. The van der Waals surface area contributed by atoms with Crippen LogP contribution in [-0.2, 0) is 19.5 Å². The lowest BCUT2D eigenvalue weighted by molar-refractivity contribution is 0.102. The molecule has 150 valence electrons. The van der Waals surface area contributed by atoms with Crippen LogP contribution in [0, 0.1) is 0 Å². The summed E-state index contributed by atoms with van der Waals surface area (Å²) in [5, 5.41) is 10.5. The Balaban J connectivity index is 1.25. The van der Waals surface area contributed by atoms with Gasteiger partial charge < -0.3 is 9.88 Å². The van der Waals surface area contributed by atoms with E-state index >= 15 is 0 Å². The zero-order chi connectivity index (χ0) is 20.3. The summed E-state index contributed by atoms with van der Waals surface area (Å²) in [6.07, 6.45) is 4.82. The monoisotopic (exact) mass is 397 g/mol. The predicted octanol–water partition coefficient (Wildman–Crippen LogP) is 4.01. The summed E-state index contributed by atoms with van der Waals surface area (Å²) in [5.74, 6) is 0.499. The highest BCUT2D eigenvalue weighted by Gasteiger charge is 2.23. The van der Waals surface area contributed by atoms with Crippen LogP contribution in [0.4, 0.5) is 5.82 Å². The normalized spacial score (nSPS) is 13.7. The Bertz CT molecular complexity index is 1130. The Morgan fingerprint density at radius 1 is 1.00 bits per heavy atom. The Hall–Kier alpha value is -3.64. The number of anilines is 1. The fourth-order valence-corrected chi connectivity index (χ4v) is 3.93. The largest absolute Gasteiger partial charge is 0.324 e. The van der Waals surface area contributed by atoms with Crippen LogP contribution in [0.3, 0.4) is 0 Å². The third-order valence-corrected chi connectivity index (χ3v) is 5.53. The molecule has 1 aliphatic rings. The number of nitrogens with zero attached hydrogens (tertiary/aromatic N) is 3. The molecule has 3 heterocycles. The lowest BCUT2D eigenvalue weighted by Crippen LogP contribution is -2.30. The summed E-state index contributed by atoms with van der Waals surface area (Å²) < 4.78 is 2.01. The van der Waals surface area contributed by atoms with Gasteiger partial charge in [0.2, 0.25) is 0 Å². The first-order valence-electron chi connectivity index (χ1n) is 10.1. The molecule has 0 atom stereocenters. The second-order valence-electron chi connectivity index (χ2n) is 7.57. The average molecular weight is 397 g/mol. The first kappa shape index (κ1) is 18.4. The second-order valence-corrected chi connectivity index (χ2v) is 7.57. The summed E-state index contributed by atoms with van der Waals surface area (Å²) in [5.41, 5.74) is 5.13. The van der Waals surface area contributed by atoms with Crippen LogP contribution in [-0.4, -0.2) is 32.1 Å². The molecule has 6 nitrogen and oxygen atoms in total. The van der Waals surface area contributed by atoms with Gasteiger partial charge in [-0.1, -0.05) is 30.3 Å². The van der Waals surface area contributed by atoms with Crippen molar-refractivity contribution in [1.29, 1.82) is 0 Å². The molecule has 2 aromatic carbocycles. The molecule has 2 N–H and O–H groups in total. The summed E-state index contributed by atoms with van der Waals surface area (Å²) in [4.78, 5) is 15.1. The van der Waals surface area contributed by atoms with E-state index in [2.05, 4.69) is 44.7 Å². The van der Waals surface area contributed by atoms with E-state index in [-0.39, 0.29) is 5.91 Å². The van der Waals surface area contributed by atoms with Crippen molar-refractivity contribution in [1.82, 2.24) is 19.7 Å². The number of aromatic amines is 1. The van der Waals surface area contributed by atoms with Gasteiger partial charge in [-0.25, -0.2) is 0 Å². The van der Waals surface area contributed by atoms with E-state index in [4.69, 9.17) is 0 Å². The van der Waals surface area contributed by atoms with Crippen molar-refractivity contribution < 1.29 is 4.79 Å². The van der Waals surface area contributed by atoms with Crippen molar-refractivity contribution in [3.05, 3.63) is 102 Å². The quantitative estimate of drug-likeness (QED) is 0.535. The Labute approximate surface area is 175 Å². The molecule has 1 amide bonds. The van der Waals surface area contributed by atoms with Crippen molar-refractivity contribution in [3.8, 4) is 5.69 Å². The van der Waals surface area contributed by atoms with Crippen LogP contribution in [0.5, 0.6) is 0 Å². The highest BCUT2D eigenvalue weighted by Crippen LogP contribution is 2.25. The highest BCUT2D eigenvalue weighted by atomic mass is 16.1. The number of carbonyl (C=O) groups is 1. The van der Waals surface area contributed by atoms with E-state index in [1.54, 1.807) is 0 Å². The number of nitrogens with one attached hydrogen (secondary N) is 2. The van der Waals surface area contributed by atoms with Crippen molar-refractivity contribution >= 4 is 11.7 Å². The van der Waals surface area contributed by atoms with Gasteiger partial charge in [0.25, 0.3) is 5.91 Å². The number of fused-ring (bicyclic) bond motifs is 1. The third kappa shape index (κ3) is 3.77. The molecule has 0 radical (unpaired) electrons. The van der Waals surface area contributed by atoms with Gasteiger partial charge in [-0.3, -0.25) is 14.8 Å². The van der Waals surface area contributed by atoms with Crippen LogP contribution in [0.1, 0.15) is 27.2 Å². The molecule has 2 aromatic heterocycles. The van der Waals surface area contributed by atoms with E-state index in [9.17, 15) is 4.79 Å². The molecule has 0 fully saturated rings. The van der Waals surface area contributed by atoms with Crippen molar-refractivity contribution in [2.24, 2.45) is 0 Å². The average Bonchev–Trinajstić information content (AvgIpc) is 3.45. The molecule has 4 aromatic rings. The maximum absolute atomic E-state index is 12.7. The number of H-pyrrole nitrogens is 1. The van der Waals surface area contributed by atoms with Crippen LogP contribution in [0.25, 0.3) is 5.69 Å². The molecule has 0 unspecified atom stereocenters. The van der Waals surface area contributed by atoms with Gasteiger partial charge in [0.1, 0.15) is 0 Å². The number of benzene rings is 2. The van der Waals surface area contributed by atoms with Crippen LogP contribution in [0.15, 0.2) is 79.1 Å². The molecule has 0 spiro atoms. The molecule has 0 saturated carbocycles. The molecule has 0 aliphatic carbocycles. The van der Waals surface area contributed by atoms with Crippen molar-refractivity contribution in [2.75, 3.05) is 11.9 Å². The fourth-order valence-electron chi connectivity index (χ4n) is 3.93. The summed E-state index contributed by atoms with van der Waals surface area (Å²) in [7, 11) is 0. The predicted molar refractivity (Wildman–Crippen MR) is 117 cm³/mol. The number of carbonyl (C=O) groups excluding carboxylic acids is 1. The Kier molecular flexibility index (Phi) is 4.91. The lowest BCUT2D eigenvalue weighted by Gasteiger charge is -2.26. The van der Waals surface area contributed by atoms with E-state index in [1.807, 2.05) is 59.4 Å². The molecule has 0 saturated heterocycles. The van der Waals surface area contributed by atoms with Gasteiger partial charge >= 0.3 is 0 Å². The number of rotatable bonds is 5. The molecule has 1 aliphatic heterocycles. The Morgan fingerprint density at radius 3 is 2.53 bits per heavy atom. The molecule has 0 bridgehead atoms. The van der Waals surface area contributed by atoms with Gasteiger partial charge in [0.15, 0.2) is 5.82 Å². The number of aromatic nitrogens is 3. The number of amides is 1. The zero-order valence-corrected chi connectivity index (χ0v) is 16.6. The van der Waals surface area contributed by atoms with E-state index in [1.165, 1.54) is 5.56 Å². The van der Waals surface area contributed by atoms with E-state index in [0.717, 1.165) is 43.0 Å². The lowest BCUT2D eigenvalue weighted by atomic mass is 10.1. The van der Waals surface area contributed by atoms with Crippen LogP contribution < -0.4 is 5.32 Å². The SMILES string of the molecule is O=C(Nc1n[nH]c2c1CCN(Cc1ccccc1)C2)c1ccc(-n2cccc2)cc1. The van der Waals surface area contributed by atoms with Gasteiger partial charge in [-0.15, -0.1) is 0 Å². The fraction of sp³-hybridized carbons (Fsp3) is 0.167. The van der Waals surface area contributed by atoms with Crippen molar-refractivity contribution in [2.45, 2.75) is 19.5 Å². The molecule has 5 rings (SSSR count). The number of hydrogen-bond donors (Lipinski definition) is 2. The van der Waals surface area contributed by atoms with Crippen LogP contribution >= 0.6 is 0 Å². The minimum Gasteiger partial charge on any atom is -0.324 e. The van der Waals surface area contributed by atoms with Crippen LogP contribution in [0.2, 0.25) is 0 Å². The molecular weight excluding hydrogens is 374 g/mol. The van der Waals surface area contributed by atoms with Gasteiger partial charge in [0, 0.05) is 48.8 Å².